The zero-order chi connectivity index (χ0) is 15.2. The minimum absolute atomic E-state index is 0.120. The van der Waals surface area contributed by atoms with Gasteiger partial charge in [0, 0.05) is 6.42 Å². The third kappa shape index (κ3) is 4.45. The maximum absolute atomic E-state index is 11.0. The van der Waals surface area contributed by atoms with E-state index >= 15 is 0 Å². The van der Waals surface area contributed by atoms with Crippen LogP contribution in [0.2, 0.25) is 0 Å². The molecule has 4 heteroatoms. The van der Waals surface area contributed by atoms with Crippen LogP contribution in [0, 0.1) is 0 Å². The topological polar surface area (TPSA) is 63.6 Å². The van der Waals surface area contributed by atoms with Crippen LogP contribution in [0.1, 0.15) is 28.4 Å². The van der Waals surface area contributed by atoms with Crippen LogP contribution in [0.4, 0.5) is 0 Å². The first-order valence-electron chi connectivity index (χ1n) is 6.58. The predicted octanol–water partition coefficient (Wildman–Crippen LogP) is 3.10. The summed E-state index contributed by atoms with van der Waals surface area (Å²) >= 11 is 0. The number of hydrogen-bond donors (Lipinski definition) is 1. The third-order valence-electron chi connectivity index (χ3n) is 2.96. The number of carbonyl (C=O) groups is 2. The normalized spacial score (nSPS) is 10.1. The Morgan fingerprint density at radius 2 is 1.76 bits per heavy atom. The zero-order valence-corrected chi connectivity index (χ0v) is 11.7. The number of carbonyl (C=O) groups excluding carboxylic acids is 1. The van der Waals surface area contributed by atoms with Gasteiger partial charge in [-0.1, -0.05) is 24.3 Å². The molecule has 0 spiro atoms. The van der Waals surface area contributed by atoms with Crippen molar-refractivity contribution < 1.29 is 19.4 Å². The molecule has 0 fully saturated rings. The fourth-order valence-electron chi connectivity index (χ4n) is 1.95. The van der Waals surface area contributed by atoms with Gasteiger partial charge in [0.2, 0.25) is 0 Å². The van der Waals surface area contributed by atoms with E-state index in [2.05, 4.69) is 0 Å². The average molecular weight is 284 g/mol. The molecule has 0 amide bonds. The maximum atomic E-state index is 11.0. The third-order valence-corrected chi connectivity index (χ3v) is 2.96. The van der Waals surface area contributed by atoms with E-state index in [0.29, 0.717) is 18.8 Å². The second-order valence-corrected chi connectivity index (χ2v) is 4.82. The van der Waals surface area contributed by atoms with Gasteiger partial charge < -0.3 is 9.84 Å². The quantitative estimate of drug-likeness (QED) is 0.885. The number of carboxylic acids is 1. The van der Waals surface area contributed by atoms with E-state index in [9.17, 15) is 9.59 Å². The molecule has 2 aromatic rings. The molecule has 0 atom stereocenters. The lowest BCUT2D eigenvalue weighted by Crippen LogP contribution is -2.00. The van der Waals surface area contributed by atoms with Crippen LogP contribution >= 0.6 is 0 Å². The van der Waals surface area contributed by atoms with E-state index in [0.717, 1.165) is 11.1 Å². The first-order valence-corrected chi connectivity index (χ1v) is 6.58. The highest BCUT2D eigenvalue weighted by atomic mass is 16.5. The number of aromatic carboxylic acids is 1. The highest BCUT2D eigenvalue weighted by Crippen LogP contribution is 2.15. The van der Waals surface area contributed by atoms with Crippen LogP contribution in [0.5, 0.6) is 5.75 Å². The van der Waals surface area contributed by atoms with Crippen LogP contribution in [0.15, 0.2) is 48.5 Å². The number of carboxylic acid groups (broad SMARTS) is 1. The lowest BCUT2D eigenvalue weighted by molar-refractivity contribution is -0.116. The number of hydrogen-bond acceptors (Lipinski definition) is 3. The first-order chi connectivity index (χ1) is 10.0. The summed E-state index contributed by atoms with van der Waals surface area (Å²) in [6, 6.07) is 14.0. The Morgan fingerprint density at radius 1 is 1.05 bits per heavy atom. The van der Waals surface area contributed by atoms with Crippen molar-refractivity contribution in [3.63, 3.8) is 0 Å². The number of rotatable bonds is 6. The molecule has 0 heterocycles. The Balaban J connectivity index is 1.98. The van der Waals surface area contributed by atoms with Gasteiger partial charge in [-0.25, -0.2) is 4.79 Å². The minimum Gasteiger partial charge on any atom is -0.489 e. The van der Waals surface area contributed by atoms with Crippen molar-refractivity contribution in [1.82, 2.24) is 0 Å². The monoisotopic (exact) mass is 284 g/mol. The summed E-state index contributed by atoms with van der Waals surface area (Å²) in [4.78, 5) is 21.9. The highest BCUT2D eigenvalue weighted by Gasteiger charge is 2.04. The lowest BCUT2D eigenvalue weighted by atomic mass is 10.1. The molecule has 0 radical (unpaired) electrons. The molecule has 108 valence electrons. The SMILES string of the molecule is CC(=O)Cc1ccc(OCc2cccc(C(=O)O)c2)cc1. The zero-order valence-electron chi connectivity index (χ0n) is 11.7. The van der Waals surface area contributed by atoms with E-state index < -0.39 is 5.97 Å². The van der Waals surface area contributed by atoms with E-state index in [-0.39, 0.29) is 11.3 Å². The molecular formula is C17H16O4. The van der Waals surface area contributed by atoms with Gasteiger partial charge in [0.1, 0.15) is 18.1 Å². The summed E-state index contributed by atoms with van der Waals surface area (Å²) in [6.45, 7) is 1.85. The van der Waals surface area contributed by atoms with Crippen molar-refractivity contribution in [2.45, 2.75) is 20.0 Å². The van der Waals surface area contributed by atoms with Crippen LogP contribution < -0.4 is 4.74 Å². The van der Waals surface area contributed by atoms with Crippen molar-refractivity contribution in [2.24, 2.45) is 0 Å². The van der Waals surface area contributed by atoms with Gasteiger partial charge in [0.15, 0.2) is 0 Å². The van der Waals surface area contributed by atoms with E-state index in [1.165, 1.54) is 0 Å². The molecule has 2 rings (SSSR count). The fraction of sp³-hybridized carbons (Fsp3) is 0.176. The second-order valence-electron chi connectivity index (χ2n) is 4.82. The molecule has 0 bridgehead atoms. The van der Waals surface area contributed by atoms with Gasteiger partial charge in [0.25, 0.3) is 0 Å². The Bertz CT molecular complexity index is 644. The highest BCUT2D eigenvalue weighted by molar-refractivity contribution is 5.87. The standard InChI is InChI=1S/C17H16O4/c1-12(18)9-13-5-7-16(8-6-13)21-11-14-3-2-4-15(10-14)17(19)20/h2-8,10H,9,11H2,1H3,(H,19,20). The molecule has 0 aromatic heterocycles. The largest absolute Gasteiger partial charge is 0.489 e. The molecule has 0 unspecified atom stereocenters. The van der Waals surface area contributed by atoms with Crippen LogP contribution in [0.25, 0.3) is 0 Å². The molecule has 21 heavy (non-hydrogen) atoms. The fourth-order valence-corrected chi connectivity index (χ4v) is 1.95. The van der Waals surface area contributed by atoms with Gasteiger partial charge in [-0.05, 0) is 42.3 Å². The van der Waals surface area contributed by atoms with Gasteiger partial charge in [-0.2, -0.15) is 0 Å². The molecule has 0 aliphatic rings. The van der Waals surface area contributed by atoms with Crippen molar-refractivity contribution in [1.29, 1.82) is 0 Å². The summed E-state index contributed by atoms with van der Waals surface area (Å²) in [7, 11) is 0. The summed E-state index contributed by atoms with van der Waals surface area (Å²) in [5.74, 6) is -0.150. The summed E-state index contributed by atoms with van der Waals surface area (Å²) < 4.78 is 5.61. The van der Waals surface area contributed by atoms with Crippen molar-refractivity contribution in [3.8, 4) is 5.75 Å². The molecule has 0 saturated carbocycles. The van der Waals surface area contributed by atoms with Gasteiger partial charge in [-0.15, -0.1) is 0 Å². The van der Waals surface area contributed by atoms with E-state index in [1.807, 2.05) is 18.2 Å². The number of ether oxygens (including phenoxy) is 1. The first kappa shape index (κ1) is 14.8. The number of ketones is 1. The summed E-state index contributed by atoms with van der Waals surface area (Å²) in [5, 5.41) is 8.93. The minimum atomic E-state index is -0.953. The predicted molar refractivity (Wildman–Crippen MR) is 78.6 cm³/mol. The van der Waals surface area contributed by atoms with Crippen molar-refractivity contribution >= 4 is 11.8 Å². The number of Topliss-reactive ketones (excluding diaryl/α,β-unsaturated/α-hetero) is 1. The van der Waals surface area contributed by atoms with E-state index in [4.69, 9.17) is 9.84 Å². The van der Waals surface area contributed by atoms with E-state index in [1.54, 1.807) is 37.3 Å². The smallest absolute Gasteiger partial charge is 0.335 e. The van der Waals surface area contributed by atoms with Crippen LogP contribution in [0.3, 0.4) is 0 Å². The Labute approximate surface area is 123 Å². The molecule has 0 saturated heterocycles. The van der Waals surface area contributed by atoms with Crippen molar-refractivity contribution in [3.05, 3.63) is 65.2 Å². The summed E-state index contributed by atoms with van der Waals surface area (Å²) in [6.07, 6.45) is 0.418. The Morgan fingerprint density at radius 3 is 2.38 bits per heavy atom. The number of benzene rings is 2. The average Bonchev–Trinajstić information content (AvgIpc) is 2.46. The van der Waals surface area contributed by atoms with Crippen LogP contribution in [-0.4, -0.2) is 16.9 Å². The lowest BCUT2D eigenvalue weighted by Gasteiger charge is -2.07. The summed E-state index contributed by atoms with van der Waals surface area (Å²) in [5.41, 5.74) is 1.98. The molecule has 4 nitrogen and oxygen atoms in total. The molecule has 0 aliphatic heterocycles. The maximum Gasteiger partial charge on any atom is 0.335 e. The Hall–Kier alpha value is -2.62. The molecule has 0 aliphatic carbocycles. The molecule has 1 N–H and O–H groups in total. The Kier molecular flexibility index (Phi) is 4.72. The van der Waals surface area contributed by atoms with Gasteiger partial charge in [-0.3, -0.25) is 4.79 Å². The second kappa shape index (κ2) is 6.70. The van der Waals surface area contributed by atoms with Crippen LogP contribution in [-0.2, 0) is 17.8 Å². The van der Waals surface area contributed by atoms with Crippen molar-refractivity contribution in [2.75, 3.05) is 0 Å². The van der Waals surface area contributed by atoms with Gasteiger partial charge >= 0.3 is 5.97 Å². The molecular weight excluding hydrogens is 268 g/mol. The van der Waals surface area contributed by atoms with Gasteiger partial charge in [0.05, 0.1) is 5.56 Å². The molecule has 2 aromatic carbocycles.